The Labute approximate surface area is 86.7 Å². The van der Waals surface area contributed by atoms with Crippen LogP contribution >= 0.6 is 0 Å². The summed E-state index contributed by atoms with van der Waals surface area (Å²) in [5, 5.41) is 3.50. The summed E-state index contributed by atoms with van der Waals surface area (Å²) in [6.45, 7) is 12.8. The molecule has 0 saturated carbocycles. The minimum atomic E-state index is -0.0908. The van der Waals surface area contributed by atoms with Crippen LogP contribution in [0.1, 0.15) is 44.6 Å². The second-order valence-corrected chi connectivity index (χ2v) is 4.80. The molecule has 0 aliphatic rings. The van der Waals surface area contributed by atoms with Gasteiger partial charge in [-0.25, -0.2) is 0 Å². The van der Waals surface area contributed by atoms with Crippen molar-refractivity contribution >= 4 is 0 Å². The maximum Gasteiger partial charge on any atom is 0.126 e. The number of rotatable bonds is 3. The summed E-state index contributed by atoms with van der Waals surface area (Å²) in [6, 6.07) is 0.454. The van der Waals surface area contributed by atoms with E-state index in [2.05, 4.69) is 46.9 Å². The minimum Gasteiger partial charge on any atom is -0.467 e. The van der Waals surface area contributed by atoms with Gasteiger partial charge in [-0.1, -0.05) is 0 Å². The van der Waals surface area contributed by atoms with E-state index in [9.17, 15) is 0 Å². The van der Waals surface area contributed by atoms with Crippen LogP contribution in [0.5, 0.6) is 0 Å². The third kappa shape index (κ3) is 2.18. The lowest BCUT2D eigenvalue weighted by molar-refractivity contribution is 0.296. The van der Waals surface area contributed by atoms with Gasteiger partial charge in [0.05, 0.1) is 11.8 Å². The molecule has 2 heteroatoms. The normalized spacial score (nSPS) is 12.5. The first kappa shape index (κ1) is 11.3. The van der Waals surface area contributed by atoms with Crippen molar-refractivity contribution in [1.82, 2.24) is 5.32 Å². The van der Waals surface area contributed by atoms with Crippen molar-refractivity contribution < 1.29 is 4.42 Å². The number of hydrogen-bond donors (Lipinski definition) is 1. The molecule has 0 aliphatic carbocycles. The van der Waals surface area contributed by atoms with Gasteiger partial charge in [0.2, 0.25) is 0 Å². The Balaban J connectivity index is 2.97. The van der Waals surface area contributed by atoms with Crippen LogP contribution in [0.25, 0.3) is 0 Å². The van der Waals surface area contributed by atoms with Crippen LogP contribution in [0.3, 0.4) is 0 Å². The van der Waals surface area contributed by atoms with Gasteiger partial charge in [-0.15, -0.1) is 0 Å². The molecule has 80 valence electrons. The van der Waals surface area contributed by atoms with Gasteiger partial charge in [0.25, 0.3) is 0 Å². The Morgan fingerprint density at radius 2 is 1.86 bits per heavy atom. The van der Waals surface area contributed by atoms with E-state index in [0.717, 1.165) is 5.76 Å². The van der Waals surface area contributed by atoms with Gasteiger partial charge in [0, 0.05) is 6.04 Å². The van der Waals surface area contributed by atoms with E-state index in [1.165, 1.54) is 11.1 Å². The van der Waals surface area contributed by atoms with Gasteiger partial charge in [-0.3, -0.25) is 0 Å². The number of hydrogen-bond acceptors (Lipinski definition) is 2. The lowest BCUT2D eigenvalue weighted by Crippen LogP contribution is -2.41. The van der Waals surface area contributed by atoms with Gasteiger partial charge in [-0.05, 0) is 52.7 Å². The fourth-order valence-electron chi connectivity index (χ4n) is 1.91. The first-order chi connectivity index (χ1) is 6.34. The van der Waals surface area contributed by atoms with E-state index in [4.69, 9.17) is 4.42 Å². The van der Waals surface area contributed by atoms with Crippen molar-refractivity contribution in [2.24, 2.45) is 0 Å². The summed E-state index contributed by atoms with van der Waals surface area (Å²) in [5.41, 5.74) is 2.38. The highest BCUT2D eigenvalue weighted by Gasteiger charge is 2.26. The smallest absolute Gasteiger partial charge is 0.126 e. The average Bonchev–Trinajstić information content (AvgIpc) is 2.30. The largest absolute Gasteiger partial charge is 0.467 e. The van der Waals surface area contributed by atoms with Crippen LogP contribution in [0.15, 0.2) is 10.7 Å². The van der Waals surface area contributed by atoms with E-state index in [1.807, 2.05) is 6.26 Å². The summed E-state index contributed by atoms with van der Waals surface area (Å²) in [7, 11) is 0. The van der Waals surface area contributed by atoms with Crippen LogP contribution < -0.4 is 5.32 Å². The molecule has 0 atom stereocenters. The quantitative estimate of drug-likeness (QED) is 0.801. The molecule has 0 saturated heterocycles. The van der Waals surface area contributed by atoms with Crippen LogP contribution in [0.4, 0.5) is 0 Å². The molecule has 1 rings (SSSR count). The summed E-state index contributed by atoms with van der Waals surface area (Å²) in [5.74, 6) is 1.05. The maximum absolute atomic E-state index is 5.60. The average molecular weight is 195 g/mol. The lowest BCUT2D eigenvalue weighted by Gasteiger charge is -2.27. The highest BCUT2D eigenvalue weighted by Crippen LogP contribution is 2.27. The molecule has 1 aromatic heterocycles. The third-order valence-corrected chi connectivity index (χ3v) is 2.50. The maximum atomic E-state index is 5.60. The number of aryl methyl sites for hydroxylation is 1. The Kier molecular flexibility index (Phi) is 3.05. The first-order valence-electron chi connectivity index (χ1n) is 5.17. The molecule has 2 nitrogen and oxygen atoms in total. The van der Waals surface area contributed by atoms with Gasteiger partial charge < -0.3 is 9.73 Å². The molecular formula is C12H21NO. The van der Waals surface area contributed by atoms with Crippen molar-refractivity contribution in [2.75, 3.05) is 0 Å². The Hall–Kier alpha value is -0.760. The zero-order chi connectivity index (χ0) is 10.9. The van der Waals surface area contributed by atoms with Crippen LogP contribution in [0, 0.1) is 13.8 Å². The predicted octanol–water partition coefficient (Wildman–Crippen LogP) is 3.13. The lowest BCUT2D eigenvalue weighted by atomic mass is 9.96. The van der Waals surface area contributed by atoms with Crippen LogP contribution in [-0.2, 0) is 5.54 Å². The number of furan rings is 1. The highest BCUT2D eigenvalue weighted by atomic mass is 16.3. The molecule has 1 aromatic rings. The molecule has 0 radical (unpaired) electrons. The van der Waals surface area contributed by atoms with E-state index in [0.29, 0.717) is 6.04 Å². The van der Waals surface area contributed by atoms with Crippen molar-refractivity contribution in [3.8, 4) is 0 Å². The van der Waals surface area contributed by atoms with E-state index in [1.54, 1.807) is 0 Å². The van der Waals surface area contributed by atoms with Gasteiger partial charge >= 0.3 is 0 Å². The molecule has 1 N–H and O–H groups in total. The van der Waals surface area contributed by atoms with Crippen molar-refractivity contribution in [3.63, 3.8) is 0 Å². The molecule has 0 aromatic carbocycles. The molecular weight excluding hydrogens is 174 g/mol. The second-order valence-electron chi connectivity index (χ2n) is 4.80. The second kappa shape index (κ2) is 3.77. The topological polar surface area (TPSA) is 25.2 Å². The molecule has 14 heavy (non-hydrogen) atoms. The van der Waals surface area contributed by atoms with Gasteiger partial charge in [0.15, 0.2) is 0 Å². The molecule has 0 bridgehead atoms. The Morgan fingerprint density at radius 1 is 1.29 bits per heavy atom. The van der Waals surface area contributed by atoms with Crippen LogP contribution in [0.2, 0.25) is 0 Å². The molecule has 0 aliphatic heterocycles. The first-order valence-corrected chi connectivity index (χ1v) is 5.17. The fraction of sp³-hybridized carbons (Fsp3) is 0.667. The van der Waals surface area contributed by atoms with Crippen LogP contribution in [-0.4, -0.2) is 6.04 Å². The van der Waals surface area contributed by atoms with Crippen molar-refractivity contribution in [3.05, 3.63) is 23.2 Å². The molecule has 0 fully saturated rings. The Morgan fingerprint density at radius 3 is 2.21 bits per heavy atom. The Bertz CT molecular complexity index is 310. The zero-order valence-electron chi connectivity index (χ0n) is 10.1. The minimum absolute atomic E-state index is 0.0908. The van der Waals surface area contributed by atoms with Gasteiger partial charge in [0.1, 0.15) is 5.76 Å². The van der Waals surface area contributed by atoms with E-state index < -0.39 is 0 Å². The fourth-order valence-corrected chi connectivity index (χ4v) is 1.91. The van der Waals surface area contributed by atoms with E-state index in [-0.39, 0.29) is 5.54 Å². The summed E-state index contributed by atoms with van der Waals surface area (Å²) >= 11 is 0. The van der Waals surface area contributed by atoms with E-state index >= 15 is 0 Å². The summed E-state index contributed by atoms with van der Waals surface area (Å²) in [6.07, 6.45) is 1.83. The third-order valence-electron chi connectivity index (χ3n) is 2.50. The molecule has 0 amide bonds. The predicted molar refractivity (Wildman–Crippen MR) is 59.5 cm³/mol. The molecule has 1 heterocycles. The monoisotopic (exact) mass is 195 g/mol. The van der Waals surface area contributed by atoms with Crippen molar-refractivity contribution in [2.45, 2.75) is 53.1 Å². The standard InChI is InChI=1S/C12H21NO/c1-8(2)13-12(5,6)11-10(4)9(3)7-14-11/h7-8,13H,1-6H3. The summed E-state index contributed by atoms with van der Waals surface area (Å²) < 4.78 is 5.60. The zero-order valence-corrected chi connectivity index (χ0v) is 10.1. The molecule has 0 unspecified atom stereocenters. The molecule has 0 spiro atoms. The van der Waals surface area contributed by atoms with Crippen molar-refractivity contribution in [1.29, 1.82) is 0 Å². The number of nitrogens with one attached hydrogen (secondary N) is 1. The summed E-state index contributed by atoms with van der Waals surface area (Å²) in [4.78, 5) is 0. The van der Waals surface area contributed by atoms with Gasteiger partial charge in [-0.2, -0.15) is 0 Å². The highest BCUT2D eigenvalue weighted by molar-refractivity contribution is 5.29. The SMILES string of the molecule is Cc1coc(C(C)(C)NC(C)C)c1C.